The van der Waals surface area contributed by atoms with E-state index >= 15 is 0 Å². The lowest BCUT2D eigenvalue weighted by atomic mass is 10.1. The minimum absolute atomic E-state index is 0.00439. The molecule has 0 fully saturated rings. The third kappa shape index (κ3) is 5.07. The van der Waals surface area contributed by atoms with Crippen LogP contribution in [0.1, 0.15) is 5.56 Å². The summed E-state index contributed by atoms with van der Waals surface area (Å²) in [5.41, 5.74) is 2.57. The van der Waals surface area contributed by atoms with E-state index in [1.807, 2.05) is 36.4 Å². The van der Waals surface area contributed by atoms with Crippen molar-refractivity contribution in [1.82, 2.24) is 25.5 Å². The van der Waals surface area contributed by atoms with Gasteiger partial charge in [0.25, 0.3) is 0 Å². The van der Waals surface area contributed by atoms with Gasteiger partial charge in [-0.2, -0.15) is 0 Å². The third-order valence-electron chi connectivity index (χ3n) is 4.65. The van der Waals surface area contributed by atoms with Crippen molar-refractivity contribution in [3.05, 3.63) is 65.3 Å². The molecule has 0 aliphatic heterocycles. The minimum Gasteiger partial charge on any atom is -0.480 e. The van der Waals surface area contributed by atoms with E-state index in [4.69, 9.17) is 11.6 Å². The van der Waals surface area contributed by atoms with Crippen molar-refractivity contribution in [2.45, 2.75) is 17.6 Å². The summed E-state index contributed by atoms with van der Waals surface area (Å²) in [6, 6.07) is 13.7. The van der Waals surface area contributed by atoms with Crippen molar-refractivity contribution in [3.8, 4) is 11.4 Å². The van der Waals surface area contributed by atoms with Crippen LogP contribution in [0.2, 0.25) is 5.02 Å². The number of carbonyl (C=O) groups excluding carboxylic acids is 1. The van der Waals surface area contributed by atoms with Crippen LogP contribution in [0.5, 0.6) is 0 Å². The van der Waals surface area contributed by atoms with Gasteiger partial charge in [0.05, 0.1) is 5.75 Å². The first-order valence-corrected chi connectivity index (χ1v) is 10.7. The molecule has 0 bridgehead atoms. The number of aliphatic carboxylic acids is 1. The lowest BCUT2D eigenvalue weighted by Gasteiger charge is -2.13. The number of halogens is 1. The van der Waals surface area contributed by atoms with Crippen LogP contribution in [0.25, 0.3) is 22.3 Å². The standard InChI is InChI=1S/C21H18ClN5O3S/c22-14-7-5-12(6-8-14)19-25-21(27-26-19)31-11-18(28)24-17(20(29)30)9-13-10-23-16-4-2-1-3-15(13)16/h1-8,10,17,23H,9,11H2,(H,24,28)(H,29,30)(H,25,26,27). The molecule has 0 aliphatic rings. The number of carboxylic acid groups (broad SMARTS) is 1. The lowest BCUT2D eigenvalue weighted by Crippen LogP contribution is -2.43. The Morgan fingerprint density at radius 3 is 2.71 bits per heavy atom. The first-order chi connectivity index (χ1) is 15.0. The Morgan fingerprint density at radius 2 is 1.94 bits per heavy atom. The highest BCUT2D eigenvalue weighted by atomic mass is 35.5. The van der Waals surface area contributed by atoms with E-state index in [9.17, 15) is 14.7 Å². The number of amides is 1. The van der Waals surface area contributed by atoms with E-state index in [1.54, 1.807) is 18.3 Å². The molecular formula is C21H18ClN5O3S. The second-order valence-electron chi connectivity index (χ2n) is 6.78. The Kier molecular flexibility index (Phi) is 6.24. The van der Waals surface area contributed by atoms with E-state index in [1.165, 1.54) is 0 Å². The summed E-state index contributed by atoms with van der Waals surface area (Å²) in [4.78, 5) is 31.5. The second-order valence-corrected chi connectivity index (χ2v) is 8.16. The highest BCUT2D eigenvalue weighted by molar-refractivity contribution is 7.99. The van der Waals surface area contributed by atoms with E-state index in [2.05, 4.69) is 25.5 Å². The molecule has 31 heavy (non-hydrogen) atoms. The topological polar surface area (TPSA) is 124 Å². The maximum Gasteiger partial charge on any atom is 0.326 e. The molecule has 0 radical (unpaired) electrons. The van der Waals surface area contributed by atoms with Crippen LogP contribution in [-0.4, -0.2) is 48.9 Å². The maximum atomic E-state index is 12.4. The fourth-order valence-corrected chi connectivity index (χ4v) is 3.87. The van der Waals surface area contributed by atoms with Crippen molar-refractivity contribution in [2.24, 2.45) is 0 Å². The Morgan fingerprint density at radius 1 is 1.16 bits per heavy atom. The molecule has 4 N–H and O–H groups in total. The summed E-state index contributed by atoms with van der Waals surface area (Å²) in [6.45, 7) is 0. The molecule has 2 aromatic carbocycles. The number of nitrogens with one attached hydrogen (secondary N) is 3. The number of nitrogens with zero attached hydrogens (tertiary/aromatic N) is 2. The number of aromatic nitrogens is 4. The summed E-state index contributed by atoms with van der Waals surface area (Å²) in [7, 11) is 0. The molecule has 8 nitrogen and oxygen atoms in total. The van der Waals surface area contributed by atoms with E-state index in [-0.39, 0.29) is 12.2 Å². The predicted molar refractivity (Wildman–Crippen MR) is 119 cm³/mol. The van der Waals surface area contributed by atoms with E-state index in [0.29, 0.717) is 16.0 Å². The van der Waals surface area contributed by atoms with Gasteiger partial charge in [0.1, 0.15) is 6.04 Å². The van der Waals surface area contributed by atoms with Gasteiger partial charge in [-0.05, 0) is 35.9 Å². The van der Waals surface area contributed by atoms with Gasteiger partial charge in [0.15, 0.2) is 5.82 Å². The van der Waals surface area contributed by atoms with Crippen molar-refractivity contribution in [1.29, 1.82) is 0 Å². The van der Waals surface area contributed by atoms with Gasteiger partial charge < -0.3 is 15.4 Å². The van der Waals surface area contributed by atoms with Crippen molar-refractivity contribution >= 4 is 46.1 Å². The zero-order valence-electron chi connectivity index (χ0n) is 16.1. The smallest absolute Gasteiger partial charge is 0.326 e. The van der Waals surface area contributed by atoms with Crippen LogP contribution in [0.15, 0.2) is 59.9 Å². The number of aromatic amines is 2. The SMILES string of the molecule is O=C(CSc1n[nH]c(-c2ccc(Cl)cc2)n1)NC(Cc1c[nH]c2ccccc12)C(=O)O. The molecular weight excluding hydrogens is 438 g/mol. The summed E-state index contributed by atoms with van der Waals surface area (Å²) in [5, 5.41) is 21.0. The molecule has 2 aromatic heterocycles. The zero-order valence-corrected chi connectivity index (χ0v) is 17.7. The van der Waals surface area contributed by atoms with Crippen LogP contribution < -0.4 is 5.32 Å². The van der Waals surface area contributed by atoms with E-state index < -0.39 is 17.9 Å². The summed E-state index contributed by atoms with van der Waals surface area (Å²) < 4.78 is 0. The Labute approximate surface area is 186 Å². The highest BCUT2D eigenvalue weighted by Crippen LogP contribution is 2.21. The second kappa shape index (κ2) is 9.23. The predicted octanol–water partition coefficient (Wildman–Crippen LogP) is 3.51. The number of carboxylic acids is 1. The van der Waals surface area contributed by atoms with Crippen LogP contribution >= 0.6 is 23.4 Å². The molecule has 0 saturated carbocycles. The molecule has 0 spiro atoms. The van der Waals surface area contributed by atoms with Crippen LogP contribution in [0, 0.1) is 0 Å². The van der Waals surface area contributed by atoms with Crippen molar-refractivity contribution < 1.29 is 14.7 Å². The van der Waals surface area contributed by atoms with Gasteiger partial charge in [-0.1, -0.05) is 41.6 Å². The van der Waals surface area contributed by atoms with Crippen LogP contribution in [-0.2, 0) is 16.0 Å². The van der Waals surface area contributed by atoms with Gasteiger partial charge in [0.2, 0.25) is 11.1 Å². The average Bonchev–Trinajstić information content (AvgIpc) is 3.40. The summed E-state index contributed by atoms with van der Waals surface area (Å²) in [5.74, 6) is -0.945. The monoisotopic (exact) mass is 455 g/mol. The van der Waals surface area contributed by atoms with Gasteiger partial charge in [0, 0.05) is 34.1 Å². The molecule has 0 aliphatic carbocycles. The fourth-order valence-electron chi connectivity index (χ4n) is 3.13. The maximum absolute atomic E-state index is 12.4. The Bertz CT molecular complexity index is 1220. The zero-order chi connectivity index (χ0) is 21.8. The van der Waals surface area contributed by atoms with Crippen LogP contribution in [0.3, 0.4) is 0 Å². The van der Waals surface area contributed by atoms with Gasteiger partial charge in [-0.25, -0.2) is 9.78 Å². The molecule has 1 atom stereocenters. The van der Waals surface area contributed by atoms with Gasteiger partial charge in [-0.15, -0.1) is 5.10 Å². The van der Waals surface area contributed by atoms with Crippen molar-refractivity contribution in [3.63, 3.8) is 0 Å². The molecule has 4 rings (SSSR count). The number of para-hydroxylation sites is 1. The van der Waals surface area contributed by atoms with Gasteiger partial charge in [-0.3, -0.25) is 9.89 Å². The molecule has 2 heterocycles. The number of fused-ring (bicyclic) bond motifs is 1. The summed E-state index contributed by atoms with van der Waals surface area (Å²) in [6.07, 6.45) is 1.95. The van der Waals surface area contributed by atoms with Gasteiger partial charge >= 0.3 is 5.97 Å². The third-order valence-corrected chi connectivity index (χ3v) is 5.75. The molecule has 10 heteroatoms. The lowest BCUT2D eigenvalue weighted by molar-refractivity contribution is -0.141. The number of H-pyrrole nitrogens is 2. The Balaban J connectivity index is 1.35. The Hall–Kier alpha value is -3.30. The number of hydrogen-bond acceptors (Lipinski definition) is 5. The molecule has 4 aromatic rings. The summed E-state index contributed by atoms with van der Waals surface area (Å²) >= 11 is 7.01. The van der Waals surface area contributed by atoms with E-state index in [0.717, 1.165) is 33.8 Å². The highest BCUT2D eigenvalue weighted by Gasteiger charge is 2.22. The normalized spacial score (nSPS) is 12.0. The van der Waals surface area contributed by atoms with Crippen molar-refractivity contribution in [2.75, 3.05) is 5.75 Å². The quantitative estimate of drug-likeness (QED) is 0.301. The van der Waals surface area contributed by atoms with Crippen LogP contribution in [0.4, 0.5) is 0 Å². The molecule has 1 amide bonds. The largest absolute Gasteiger partial charge is 0.480 e. The number of hydrogen-bond donors (Lipinski definition) is 4. The molecule has 1 unspecified atom stereocenters. The number of thioether (sulfide) groups is 1. The number of rotatable bonds is 8. The average molecular weight is 456 g/mol. The molecule has 158 valence electrons. The molecule has 0 saturated heterocycles. The first kappa shape index (κ1) is 21.0. The number of carbonyl (C=O) groups is 2. The fraction of sp³-hybridized carbons (Fsp3) is 0.143. The first-order valence-electron chi connectivity index (χ1n) is 9.38. The number of benzene rings is 2. The minimum atomic E-state index is -1.09.